The van der Waals surface area contributed by atoms with Crippen molar-refractivity contribution in [2.24, 2.45) is 17.8 Å². The number of unbranched alkanes of at least 4 members (excludes halogenated alkanes) is 10. The van der Waals surface area contributed by atoms with Crippen LogP contribution >= 0.6 is 0 Å². The minimum atomic E-state index is -0.855. The van der Waals surface area contributed by atoms with Crippen LogP contribution in [-0.4, -0.2) is 64.6 Å². The van der Waals surface area contributed by atoms with Crippen molar-refractivity contribution in [1.82, 2.24) is 0 Å². The van der Waals surface area contributed by atoms with Crippen LogP contribution in [0.2, 0.25) is 0 Å². The molecule has 266 valence electrons. The van der Waals surface area contributed by atoms with E-state index < -0.39 is 36.8 Å². The van der Waals surface area contributed by atoms with Gasteiger partial charge < -0.3 is 24.8 Å². The lowest BCUT2D eigenvalue weighted by atomic mass is 9.90. The number of aliphatic hydroxyl groups is 3. The number of ether oxygens (including phenoxy) is 2. The molecule has 1 fully saturated rings. The molecule has 8 heteroatoms. The second kappa shape index (κ2) is 27.0. The number of hydrogen-bond acceptors (Lipinski definition) is 8. The maximum atomic E-state index is 12.4. The molecule has 0 amide bonds. The van der Waals surface area contributed by atoms with E-state index in [-0.39, 0.29) is 37.1 Å². The van der Waals surface area contributed by atoms with Gasteiger partial charge in [-0.1, -0.05) is 122 Å². The first kappa shape index (κ1) is 42.0. The summed E-state index contributed by atoms with van der Waals surface area (Å²) in [5.41, 5.74) is 0. The van der Waals surface area contributed by atoms with E-state index in [1.54, 1.807) is 12.2 Å². The SMILES string of the molecule is CCCCC[C@H](O)/C=C/[C@H]1C(=O)C[C@H](O)[C@@H]1C/C=C\CCCC(=O)OC[C@H](CO)OC(=O)CCCCCCCCCCC(C)CC. The third-order valence-corrected chi connectivity index (χ3v) is 9.16. The number of rotatable bonds is 28. The summed E-state index contributed by atoms with van der Waals surface area (Å²) in [5.74, 6) is -0.567. The Morgan fingerprint density at radius 2 is 1.54 bits per heavy atom. The first-order valence-corrected chi connectivity index (χ1v) is 18.4. The fourth-order valence-electron chi connectivity index (χ4n) is 5.86. The van der Waals surface area contributed by atoms with Crippen molar-refractivity contribution in [3.63, 3.8) is 0 Å². The standard InChI is InChI=1S/C38H66O8/c1-4-6-15-21-31(40)25-26-34-33(35(41)27-36(34)42)22-17-13-14-18-23-37(43)45-29-32(28-39)46-38(44)24-19-12-10-8-7-9-11-16-20-30(3)5-2/h13,17,25-26,30-35,39-41H,4-12,14-16,18-24,27-29H2,1-3H3/b17-13-,26-25+/t30?,31-,32-,33+,34+,35-/m0/s1. The van der Waals surface area contributed by atoms with E-state index in [0.717, 1.165) is 44.4 Å². The van der Waals surface area contributed by atoms with Gasteiger partial charge in [-0.05, 0) is 38.0 Å². The van der Waals surface area contributed by atoms with E-state index in [0.29, 0.717) is 32.1 Å². The third kappa shape index (κ3) is 20.3. The monoisotopic (exact) mass is 650 g/mol. The minimum Gasteiger partial charge on any atom is -0.462 e. The van der Waals surface area contributed by atoms with Gasteiger partial charge in [0.1, 0.15) is 12.4 Å². The van der Waals surface area contributed by atoms with Crippen LogP contribution < -0.4 is 0 Å². The van der Waals surface area contributed by atoms with Gasteiger partial charge in [0.15, 0.2) is 6.10 Å². The summed E-state index contributed by atoms with van der Waals surface area (Å²) in [7, 11) is 0. The molecule has 0 aromatic carbocycles. The van der Waals surface area contributed by atoms with Crippen LogP contribution in [0.3, 0.4) is 0 Å². The predicted octanol–water partition coefficient (Wildman–Crippen LogP) is 7.56. The van der Waals surface area contributed by atoms with E-state index in [1.807, 2.05) is 12.2 Å². The van der Waals surface area contributed by atoms with E-state index in [2.05, 4.69) is 20.8 Å². The number of hydrogen-bond donors (Lipinski definition) is 3. The molecule has 0 aromatic heterocycles. The topological polar surface area (TPSA) is 130 Å². The van der Waals surface area contributed by atoms with Crippen LogP contribution in [0.5, 0.6) is 0 Å². The van der Waals surface area contributed by atoms with Crippen molar-refractivity contribution < 1.29 is 39.2 Å². The number of ketones is 1. The Morgan fingerprint density at radius 3 is 2.22 bits per heavy atom. The van der Waals surface area contributed by atoms with Crippen molar-refractivity contribution in [3.05, 3.63) is 24.3 Å². The van der Waals surface area contributed by atoms with Crippen LogP contribution in [0.4, 0.5) is 0 Å². The van der Waals surface area contributed by atoms with Gasteiger partial charge in [-0.3, -0.25) is 14.4 Å². The van der Waals surface area contributed by atoms with Gasteiger partial charge in [-0.25, -0.2) is 0 Å². The highest BCUT2D eigenvalue weighted by Crippen LogP contribution is 2.33. The fraction of sp³-hybridized carbons (Fsp3) is 0.816. The Kier molecular flexibility index (Phi) is 24.6. The Hall–Kier alpha value is -2.03. The first-order chi connectivity index (χ1) is 22.2. The normalized spacial score (nSPS) is 20.4. The van der Waals surface area contributed by atoms with Gasteiger partial charge in [-0.2, -0.15) is 0 Å². The summed E-state index contributed by atoms with van der Waals surface area (Å²) in [6, 6.07) is 0. The second-order valence-electron chi connectivity index (χ2n) is 13.3. The minimum absolute atomic E-state index is 0.00127. The predicted molar refractivity (Wildman–Crippen MR) is 183 cm³/mol. The molecule has 0 saturated heterocycles. The molecule has 0 bridgehead atoms. The summed E-state index contributed by atoms with van der Waals surface area (Å²) in [4.78, 5) is 36.7. The molecule has 1 unspecified atom stereocenters. The van der Waals surface area contributed by atoms with E-state index in [4.69, 9.17) is 9.47 Å². The molecule has 8 nitrogen and oxygen atoms in total. The third-order valence-electron chi connectivity index (χ3n) is 9.16. The molecule has 1 saturated carbocycles. The maximum Gasteiger partial charge on any atom is 0.306 e. The Labute approximate surface area is 279 Å². The summed E-state index contributed by atoms with van der Waals surface area (Å²) >= 11 is 0. The van der Waals surface area contributed by atoms with Crippen LogP contribution in [-0.2, 0) is 23.9 Å². The zero-order valence-electron chi connectivity index (χ0n) is 29.2. The van der Waals surface area contributed by atoms with Crippen LogP contribution in [0.1, 0.15) is 149 Å². The number of esters is 2. The van der Waals surface area contributed by atoms with Gasteiger partial charge >= 0.3 is 11.9 Å². The molecule has 1 aliphatic rings. The molecule has 0 spiro atoms. The van der Waals surface area contributed by atoms with Gasteiger partial charge in [0.2, 0.25) is 0 Å². The molecule has 6 atom stereocenters. The molecule has 0 aromatic rings. The average Bonchev–Trinajstić information content (AvgIpc) is 3.31. The molecule has 46 heavy (non-hydrogen) atoms. The average molecular weight is 651 g/mol. The van der Waals surface area contributed by atoms with Gasteiger partial charge in [0, 0.05) is 31.1 Å². The molecule has 1 rings (SSSR count). The molecule has 0 aliphatic heterocycles. The molecule has 0 heterocycles. The Balaban J connectivity index is 2.17. The largest absolute Gasteiger partial charge is 0.462 e. The van der Waals surface area contributed by atoms with Crippen molar-refractivity contribution >= 4 is 17.7 Å². The Bertz CT molecular complexity index is 869. The molecule has 1 aliphatic carbocycles. The van der Waals surface area contributed by atoms with Crippen LogP contribution in [0, 0.1) is 17.8 Å². The molecule has 0 radical (unpaired) electrons. The van der Waals surface area contributed by atoms with Gasteiger partial charge in [0.25, 0.3) is 0 Å². The first-order valence-electron chi connectivity index (χ1n) is 18.4. The number of aliphatic hydroxyl groups excluding tert-OH is 3. The maximum absolute atomic E-state index is 12.4. The van der Waals surface area contributed by atoms with E-state index >= 15 is 0 Å². The lowest BCUT2D eigenvalue weighted by molar-refractivity contribution is -0.161. The van der Waals surface area contributed by atoms with Crippen molar-refractivity contribution in [2.45, 2.75) is 167 Å². The lowest BCUT2D eigenvalue weighted by Gasteiger charge is -2.17. The Morgan fingerprint density at radius 1 is 0.891 bits per heavy atom. The van der Waals surface area contributed by atoms with Crippen molar-refractivity contribution in [2.75, 3.05) is 13.2 Å². The lowest BCUT2D eigenvalue weighted by Crippen LogP contribution is -2.28. The van der Waals surface area contributed by atoms with Crippen molar-refractivity contribution in [3.8, 4) is 0 Å². The number of allylic oxidation sites excluding steroid dienone is 3. The summed E-state index contributed by atoms with van der Waals surface area (Å²) < 4.78 is 10.5. The highest BCUT2D eigenvalue weighted by atomic mass is 16.6. The molecular weight excluding hydrogens is 584 g/mol. The number of carbonyl (C=O) groups is 3. The summed E-state index contributed by atoms with van der Waals surface area (Å²) in [6.07, 6.45) is 23.1. The van der Waals surface area contributed by atoms with Gasteiger partial charge in [0.05, 0.1) is 18.8 Å². The number of carbonyl (C=O) groups excluding carboxylic acids is 3. The highest BCUT2D eigenvalue weighted by Gasteiger charge is 2.39. The van der Waals surface area contributed by atoms with E-state index in [9.17, 15) is 29.7 Å². The molecular formula is C38H66O8. The van der Waals surface area contributed by atoms with E-state index in [1.165, 1.54) is 44.9 Å². The van der Waals surface area contributed by atoms with Crippen molar-refractivity contribution in [1.29, 1.82) is 0 Å². The van der Waals surface area contributed by atoms with Crippen LogP contribution in [0.15, 0.2) is 24.3 Å². The molecule has 3 N–H and O–H groups in total. The second-order valence-corrected chi connectivity index (χ2v) is 13.3. The summed E-state index contributed by atoms with van der Waals surface area (Å²) in [5, 5.41) is 30.1. The van der Waals surface area contributed by atoms with Crippen LogP contribution in [0.25, 0.3) is 0 Å². The smallest absolute Gasteiger partial charge is 0.306 e. The fourth-order valence-corrected chi connectivity index (χ4v) is 5.86. The highest BCUT2D eigenvalue weighted by molar-refractivity contribution is 5.86. The summed E-state index contributed by atoms with van der Waals surface area (Å²) in [6.45, 7) is 6.12. The quantitative estimate of drug-likeness (QED) is 0.0449. The zero-order valence-corrected chi connectivity index (χ0v) is 29.2. The van der Waals surface area contributed by atoms with Gasteiger partial charge in [-0.15, -0.1) is 0 Å². The zero-order chi connectivity index (χ0) is 34.0. The number of Topliss-reactive ketones (excluding diaryl/α,β-unsaturated/α-hetero) is 1.